The van der Waals surface area contributed by atoms with E-state index in [1.807, 2.05) is 31.3 Å². The standard InChI is InChI=1S/C20H29N3O2S.ClH/c1-21-10-7-16-8-11-23(12-9-16)13-17-15-26-20(22-17)14-25-19-5-3-18(24-2)4-6-19;/h3-6,15-16,21H,7-14H2,1-2H3;1H. The van der Waals surface area contributed by atoms with Crippen molar-refractivity contribution in [2.45, 2.75) is 32.4 Å². The summed E-state index contributed by atoms with van der Waals surface area (Å²) in [5.41, 5.74) is 1.16. The van der Waals surface area contributed by atoms with E-state index in [9.17, 15) is 0 Å². The zero-order valence-electron chi connectivity index (χ0n) is 16.1. The SMILES string of the molecule is CNCCC1CCN(Cc2csc(COc3ccc(OC)cc3)n2)CC1.Cl. The molecular weight excluding hydrogens is 382 g/mol. The zero-order chi connectivity index (χ0) is 18.2. The molecule has 7 heteroatoms. The number of rotatable bonds is 9. The molecular formula is C20H30ClN3O2S. The van der Waals surface area contributed by atoms with Crippen LogP contribution in [0.3, 0.4) is 0 Å². The van der Waals surface area contributed by atoms with Gasteiger partial charge in [0.05, 0.1) is 12.8 Å². The van der Waals surface area contributed by atoms with E-state index in [1.165, 1.54) is 32.4 Å². The average molecular weight is 412 g/mol. The van der Waals surface area contributed by atoms with Crippen molar-refractivity contribution in [1.29, 1.82) is 0 Å². The molecule has 150 valence electrons. The van der Waals surface area contributed by atoms with Crippen molar-refractivity contribution in [3.05, 3.63) is 40.3 Å². The molecule has 1 aromatic carbocycles. The maximum atomic E-state index is 5.82. The van der Waals surface area contributed by atoms with Crippen molar-refractivity contribution < 1.29 is 9.47 Å². The molecule has 0 unspecified atom stereocenters. The molecule has 2 aromatic rings. The molecule has 27 heavy (non-hydrogen) atoms. The number of halogens is 1. The van der Waals surface area contributed by atoms with Crippen molar-refractivity contribution in [1.82, 2.24) is 15.2 Å². The number of hydrogen-bond acceptors (Lipinski definition) is 6. The summed E-state index contributed by atoms with van der Waals surface area (Å²) in [4.78, 5) is 7.27. The normalized spacial score (nSPS) is 15.3. The molecule has 0 radical (unpaired) electrons. The summed E-state index contributed by atoms with van der Waals surface area (Å²) in [6.45, 7) is 4.97. The molecule has 1 aromatic heterocycles. The highest BCUT2D eigenvalue weighted by molar-refractivity contribution is 7.09. The molecule has 5 nitrogen and oxygen atoms in total. The maximum absolute atomic E-state index is 5.82. The van der Waals surface area contributed by atoms with E-state index < -0.39 is 0 Å². The lowest BCUT2D eigenvalue weighted by molar-refractivity contribution is 0.171. The van der Waals surface area contributed by atoms with Gasteiger partial charge < -0.3 is 14.8 Å². The van der Waals surface area contributed by atoms with Crippen molar-refractivity contribution in [3.63, 3.8) is 0 Å². The lowest BCUT2D eigenvalue weighted by Gasteiger charge is -2.31. The third-order valence-electron chi connectivity index (χ3n) is 4.92. The van der Waals surface area contributed by atoms with Gasteiger partial charge in [0.1, 0.15) is 23.1 Å². The van der Waals surface area contributed by atoms with E-state index in [-0.39, 0.29) is 12.4 Å². The Kier molecular flexibility index (Phi) is 9.34. The minimum atomic E-state index is 0. The van der Waals surface area contributed by atoms with Crippen molar-refractivity contribution in [3.8, 4) is 11.5 Å². The second-order valence-electron chi connectivity index (χ2n) is 6.81. The minimum absolute atomic E-state index is 0. The summed E-state index contributed by atoms with van der Waals surface area (Å²) in [7, 11) is 3.70. The number of benzene rings is 1. The first-order valence-electron chi connectivity index (χ1n) is 9.34. The Morgan fingerprint density at radius 1 is 1.19 bits per heavy atom. The number of ether oxygens (including phenoxy) is 2. The first-order valence-corrected chi connectivity index (χ1v) is 10.2. The summed E-state index contributed by atoms with van der Waals surface area (Å²) in [6.07, 6.45) is 3.91. The van der Waals surface area contributed by atoms with Gasteiger partial charge in [0.15, 0.2) is 0 Å². The summed E-state index contributed by atoms with van der Waals surface area (Å²) in [6, 6.07) is 7.66. The molecule has 3 rings (SSSR count). The number of piperidine rings is 1. The van der Waals surface area contributed by atoms with Crippen LogP contribution in [0.1, 0.15) is 30.0 Å². The van der Waals surface area contributed by atoms with E-state index in [4.69, 9.17) is 14.5 Å². The zero-order valence-corrected chi connectivity index (χ0v) is 17.8. The number of nitrogens with one attached hydrogen (secondary N) is 1. The number of aromatic nitrogens is 1. The summed E-state index contributed by atoms with van der Waals surface area (Å²) < 4.78 is 11.0. The van der Waals surface area contributed by atoms with Gasteiger partial charge in [-0.05, 0) is 76.1 Å². The van der Waals surface area contributed by atoms with Crippen LogP contribution >= 0.6 is 23.7 Å². The van der Waals surface area contributed by atoms with Gasteiger partial charge in [0, 0.05) is 11.9 Å². The molecule has 0 atom stereocenters. The summed E-state index contributed by atoms with van der Waals surface area (Å²) in [5, 5.41) is 6.45. The average Bonchev–Trinajstić information content (AvgIpc) is 3.13. The summed E-state index contributed by atoms with van der Waals surface area (Å²) in [5.74, 6) is 2.55. The third kappa shape index (κ3) is 6.96. The Labute approximate surface area is 172 Å². The first kappa shape index (κ1) is 22.0. The fourth-order valence-corrected chi connectivity index (χ4v) is 4.01. The fourth-order valence-electron chi connectivity index (χ4n) is 3.32. The van der Waals surface area contributed by atoms with Crippen LogP contribution in [0.25, 0.3) is 0 Å². The lowest BCUT2D eigenvalue weighted by atomic mass is 9.93. The monoisotopic (exact) mass is 411 g/mol. The van der Waals surface area contributed by atoms with Gasteiger partial charge >= 0.3 is 0 Å². The highest BCUT2D eigenvalue weighted by Crippen LogP contribution is 2.23. The largest absolute Gasteiger partial charge is 0.497 e. The predicted octanol–water partition coefficient (Wildman–Crippen LogP) is 3.97. The minimum Gasteiger partial charge on any atom is -0.497 e. The maximum Gasteiger partial charge on any atom is 0.140 e. The fraction of sp³-hybridized carbons (Fsp3) is 0.550. The van der Waals surface area contributed by atoms with E-state index in [1.54, 1.807) is 18.4 Å². The quantitative estimate of drug-likeness (QED) is 0.676. The number of likely N-dealkylation sites (tertiary alicyclic amines) is 1. The molecule has 0 bridgehead atoms. The molecule has 1 aliphatic heterocycles. The van der Waals surface area contributed by atoms with Gasteiger partial charge in [-0.3, -0.25) is 4.90 Å². The van der Waals surface area contributed by atoms with Crippen LogP contribution < -0.4 is 14.8 Å². The molecule has 1 fully saturated rings. The van der Waals surface area contributed by atoms with Crippen LogP contribution in [0.4, 0.5) is 0 Å². The van der Waals surface area contributed by atoms with E-state index in [2.05, 4.69) is 15.6 Å². The third-order valence-corrected chi connectivity index (χ3v) is 5.79. The van der Waals surface area contributed by atoms with Crippen LogP contribution in [-0.4, -0.2) is 43.7 Å². The van der Waals surface area contributed by atoms with Gasteiger partial charge in [-0.1, -0.05) is 0 Å². The highest BCUT2D eigenvalue weighted by atomic mass is 35.5. The molecule has 0 aliphatic carbocycles. The van der Waals surface area contributed by atoms with Gasteiger partial charge in [-0.25, -0.2) is 4.98 Å². The number of hydrogen-bond donors (Lipinski definition) is 1. The molecule has 1 saturated heterocycles. The van der Waals surface area contributed by atoms with Crippen LogP contribution in [0.5, 0.6) is 11.5 Å². The van der Waals surface area contributed by atoms with E-state index in [0.717, 1.165) is 41.2 Å². The molecule has 0 saturated carbocycles. The van der Waals surface area contributed by atoms with Gasteiger partial charge in [0.2, 0.25) is 0 Å². The van der Waals surface area contributed by atoms with E-state index >= 15 is 0 Å². The van der Waals surface area contributed by atoms with Crippen molar-refractivity contribution in [2.24, 2.45) is 5.92 Å². The Morgan fingerprint density at radius 3 is 2.56 bits per heavy atom. The summed E-state index contributed by atoms with van der Waals surface area (Å²) >= 11 is 1.68. The Balaban J connectivity index is 0.00000261. The van der Waals surface area contributed by atoms with Crippen LogP contribution in [0.15, 0.2) is 29.6 Å². The molecule has 1 aliphatic rings. The number of methoxy groups -OCH3 is 1. The topological polar surface area (TPSA) is 46.6 Å². The van der Waals surface area contributed by atoms with Crippen molar-refractivity contribution >= 4 is 23.7 Å². The number of thiazole rings is 1. The van der Waals surface area contributed by atoms with Crippen LogP contribution in [-0.2, 0) is 13.2 Å². The Hall–Kier alpha value is -1.34. The molecule has 2 heterocycles. The smallest absolute Gasteiger partial charge is 0.140 e. The number of nitrogens with zero attached hydrogens (tertiary/aromatic N) is 2. The Bertz CT molecular complexity index is 658. The van der Waals surface area contributed by atoms with E-state index in [0.29, 0.717) is 6.61 Å². The molecule has 0 spiro atoms. The highest BCUT2D eigenvalue weighted by Gasteiger charge is 2.19. The molecule has 0 amide bonds. The first-order chi connectivity index (χ1) is 12.8. The van der Waals surface area contributed by atoms with Gasteiger partial charge in [-0.2, -0.15) is 0 Å². The second kappa shape index (κ2) is 11.5. The van der Waals surface area contributed by atoms with Gasteiger partial charge in [0.25, 0.3) is 0 Å². The second-order valence-corrected chi connectivity index (χ2v) is 7.75. The lowest BCUT2D eigenvalue weighted by Crippen LogP contribution is -2.34. The van der Waals surface area contributed by atoms with Crippen LogP contribution in [0, 0.1) is 5.92 Å². The van der Waals surface area contributed by atoms with Crippen molar-refractivity contribution in [2.75, 3.05) is 33.8 Å². The van der Waals surface area contributed by atoms with Crippen LogP contribution in [0.2, 0.25) is 0 Å². The molecule has 1 N–H and O–H groups in total. The predicted molar refractivity (Wildman–Crippen MR) is 113 cm³/mol. The Morgan fingerprint density at radius 2 is 1.89 bits per heavy atom. The van der Waals surface area contributed by atoms with Gasteiger partial charge in [-0.15, -0.1) is 23.7 Å².